The number of ether oxygens (including phenoxy) is 3. The number of para-hydroxylation sites is 1. The lowest BCUT2D eigenvalue weighted by molar-refractivity contribution is -0.147. The first-order chi connectivity index (χ1) is 11.0. The number of carbonyl (C=O) groups is 1. The minimum atomic E-state index is -0.806. The van der Waals surface area contributed by atoms with Crippen molar-refractivity contribution in [2.45, 2.75) is 13.0 Å². The van der Waals surface area contributed by atoms with Gasteiger partial charge in [-0.25, -0.2) is 4.79 Å². The van der Waals surface area contributed by atoms with Crippen LogP contribution in [0.4, 0.5) is 0 Å². The zero-order valence-corrected chi connectivity index (χ0v) is 13.3. The molecule has 2 aromatic carbocycles. The third kappa shape index (κ3) is 4.15. The van der Waals surface area contributed by atoms with Crippen molar-refractivity contribution in [3.8, 4) is 23.3 Å². The summed E-state index contributed by atoms with van der Waals surface area (Å²) < 4.78 is 15.8. The lowest BCUT2D eigenvalue weighted by atomic mass is 10.2. The molecule has 5 nitrogen and oxygen atoms in total. The lowest BCUT2D eigenvalue weighted by Crippen LogP contribution is -2.25. The molecule has 2 rings (SSSR count). The molecule has 0 fully saturated rings. The maximum atomic E-state index is 11.4. The van der Waals surface area contributed by atoms with Crippen LogP contribution in [0.25, 0.3) is 0 Å². The molecule has 0 saturated heterocycles. The summed E-state index contributed by atoms with van der Waals surface area (Å²) in [7, 11) is 1.28. The van der Waals surface area contributed by atoms with Crippen LogP contribution in [0.3, 0.4) is 0 Å². The SMILES string of the molecule is COC(=O)C(C)Oc1cc(Oc2ccccc2C#N)ccc1Cl. The second-order valence-corrected chi connectivity index (χ2v) is 4.99. The molecule has 6 heteroatoms. The van der Waals surface area contributed by atoms with Crippen LogP contribution in [0.2, 0.25) is 5.02 Å². The number of methoxy groups -OCH3 is 1. The summed E-state index contributed by atoms with van der Waals surface area (Å²) in [5.74, 6) is 0.632. The second-order valence-electron chi connectivity index (χ2n) is 4.59. The molecule has 0 N–H and O–H groups in total. The van der Waals surface area contributed by atoms with E-state index in [-0.39, 0.29) is 5.75 Å². The van der Waals surface area contributed by atoms with Gasteiger partial charge in [0.05, 0.1) is 17.7 Å². The van der Waals surface area contributed by atoms with Crippen molar-refractivity contribution in [3.63, 3.8) is 0 Å². The minimum absolute atomic E-state index is 0.288. The Kier molecular flexibility index (Phi) is 5.45. The maximum absolute atomic E-state index is 11.4. The van der Waals surface area contributed by atoms with Crippen molar-refractivity contribution in [1.29, 1.82) is 5.26 Å². The van der Waals surface area contributed by atoms with Crippen molar-refractivity contribution in [2.75, 3.05) is 7.11 Å². The molecule has 0 spiro atoms. The zero-order valence-electron chi connectivity index (χ0n) is 12.6. The number of nitrogens with zero attached hydrogens (tertiary/aromatic N) is 1. The largest absolute Gasteiger partial charge is 0.477 e. The first-order valence-electron chi connectivity index (χ1n) is 6.76. The van der Waals surface area contributed by atoms with Crippen LogP contribution in [0.5, 0.6) is 17.2 Å². The highest BCUT2D eigenvalue weighted by Gasteiger charge is 2.17. The van der Waals surface area contributed by atoms with E-state index >= 15 is 0 Å². The van der Waals surface area contributed by atoms with E-state index in [1.54, 1.807) is 49.4 Å². The van der Waals surface area contributed by atoms with Crippen molar-refractivity contribution < 1.29 is 19.0 Å². The number of nitriles is 1. The molecule has 0 radical (unpaired) electrons. The molecule has 0 aliphatic rings. The van der Waals surface area contributed by atoms with Gasteiger partial charge in [0.2, 0.25) is 0 Å². The minimum Gasteiger partial charge on any atom is -0.477 e. The van der Waals surface area contributed by atoms with Gasteiger partial charge < -0.3 is 14.2 Å². The standard InChI is InChI=1S/C17H14ClNO4/c1-11(17(20)21-2)22-16-9-13(7-8-14(16)18)23-15-6-4-3-5-12(15)10-19/h3-9,11H,1-2H3. The number of carbonyl (C=O) groups excluding carboxylic acids is 1. The molecule has 2 aromatic rings. The smallest absolute Gasteiger partial charge is 0.346 e. The van der Waals surface area contributed by atoms with Gasteiger partial charge in [-0.3, -0.25) is 0 Å². The average molecular weight is 332 g/mol. The Balaban J connectivity index is 2.23. The molecule has 0 bridgehead atoms. The summed E-state index contributed by atoms with van der Waals surface area (Å²) >= 11 is 6.06. The highest BCUT2D eigenvalue weighted by Crippen LogP contribution is 2.33. The quantitative estimate of drug-likeness (QED) is 0.776. The van der Waals surface area contributed by atoms with Crippen molar-refractivity contribution >= 4 is 17.6 Å². The molecule has 0 aromatic heterocycles. The number of hydrogen-bond acceptors (Lipinski definition) is 5. The molecule has 0 aliphatic carbocycles. The third-order valence-corrected chi connectivity index (χ3v) is 3.29. The van der Waals surface area contributed by atoms with Gasteiger partial charge in [-0.2, -0.15) is 5.26 Å². The van der Waals surface area contributed by atoms with E-state index in [0.29, 0.717) is 22.1 Å². The van der Waals surface area contributed by atoms with Crippen LogP contribution in [0.1, 0.15) is 12.5 Å². The Bertz CT molecular complexity index is 754. The summed E-state index contributed by atoms with van der Waals surface area (Å²) in [5.41, 5.74) is 0.410. The molecule has 118 valence electrons. The Morgan fingerprint density at radius 1 is 1.22 bits per heavy atom. The van der Waals surface area contributed by atoms with E-state index in [0.717, 1.165) is 0 Å². The van der Waals surface area contributed by atoms with E-state index in [1.165, 1.54) is 7.11 Å². The van der Waals surface area contributed by atoms with Gasteiger partial charge in [0.25, 0.3) is 0 Å². The average Bonchev–Trinajstić information content (AvgIpc) is 2.57. The Labute approximate surface area is 139 Å². The Hall–Kier alpha value is -2.71. The number of hydrogen-bond donors (Lipinski definition) is 0. The fourth-order valence-corrected chi connectivity index (χ4v) is 1.98. The van der Waals surface area contributed by atoms with E-state index in [9.17, 15) is 4.79 Å². The molecule has 1 unspecified atom stereocenters. The lowest BCUT2D eigenvalue weighted by Gasteiger charge is -2.15. The predicted octanol–water partition coefficient (Wildman–Crippen LogP) is 3.94. The molecular formula is C17H14ClNO4. The summed E-state index contributed by atoms with van der Waals surface area (Å²) in [6.45, 7) is 1.56. The van der Waals surface area contributed by atoms with Crippen LogP contribution < -0.4 is 9.47 Å². The summed E-state index contributed by atoms with van der Waals surface area (Å²) in [4.78, 5) is 11.4. The topological polar surface area (TPSA) is 68.6 Å². The summed E-state index contributed by atoms with van der Waals surface area (Å²) in [6.07, 6.45) is -0.806. The van der Waals surface area contributed by atoms with Crippen LogP contribution in [-0.2, 0) is 9.53 Å². The first kappa shape index (κ1) is 16.7. The van der Waals surface area contributed by atoms with Crippen LogP contribution in [0, 0.1) is 11.3 Å². The normalized spacial score (nSPS) is 11.2. The third-order valence-electron chi connectivity index (χ3n) is 2.97. The Morgan fingerprint density at radius 2 is 1.96 bits per heavy atom. The molecular weight excluding hydrogens is 318 g/mol. The van der Waals surface area contributed by atoms with Gasteiger partial charge in [-0.15, -0.1) is 0 Å². The van der Waals surface area contributed by atoms with E-state index < -0.39 is 12.1 Å². The molecule has 1 atom stereocenters. The van der Waals surface area contributed by atoms with Crippen molar-refractivity contribution in [1.82, 2.24) is 0 Å². The molecule has 0 heterocycles. The number of halogens is 1. The van der Waals surface area contributed by atoms with Gasteiger partial charge in [0.1, 0.15) is 23.3 Å². The summed E-state index contributed by atoms with van der Waals surface area (Å²) in [5, 5.41) is 9.41. The van der Waals surface area contributed by atoms with Gasteiger partial charge in [0.15, 0.2) is 6.10 Å². The van der Waals surface area contributed by atoms with Gasteiger partial charge in [0, 0.05) is 6.07 Å². The first-order valence-corrected chi connectivity index (χ1v) is 7.14. The van der Waals surface area contributed by atoms with Crippen molar-refractivity contribution in [3.05, 3.63) is 53.1 Å². The van der Waals surface area contributed by atoms with E-state index in [2.05, 4.69) is 10.8 Å². The summed E-state index contributed by atoms with van der Waals surface area (Å²) in [6, 6.07) is 13.7. The highest BCUT2D eigenvalue weighted by atomic mass is 35.5. The maximum Gasteiger partial charge on any atom is 0.346 e. The molecule has 0 saturated carbocycles. The monoisotopic (exact) mass is 331 g/mol. The molecule has 23 heavy (non-hydrogen) atoms. The number of esters is 1. The predicted molar refractivity (Wildman–Crippen MR) is 84.8 cm³/mol. The zero-order chi connectivity index (χ0) is 16.8. The van der Waals surface area contributed by atoms with E-state index in [1.807, 2.05) is 0 Å². The van der Waals surface area contributed by atoms with Crippen LogP contribution >= 0.6 is 11.6 Å². The fraction of sp³-hybridized carbons (Fsp3) is 0.176. The second kappa shape index (κ2) is 7.52. The van der Waals surface area contributed by atoms with Crippen LogP contribution in [-0.4, -0.2) is 19.2 Å². The number of benzene rings is 2. The number of rotatable bonds is 5. The van der Waals surface area contributed by atoms with Crippen LogP contribution in [0.15, 0.2) is 42.5 Å². The van der Waals surface area contributed by atoms with Gasteiger partial charge >= 0.3 is 5.97 Å². The van der Waals surface area contributed by atoms with Gasteiger partial charge in [-0.05, 0) is 31.2 Å². The van der Waals surface area contributed by atoms with Crippen molar-refractivity contribution in [2.24, 2.45) is 0 Å². The van der Waals surface area contributed by atoms with Gasteiger partial charge in [-0.1, -0.05) is 23.7 Å². The highest BCUT2D eigenvalue weighted by molar-refractivity contribution is 6.32. The molecule has 0 amide bonds. The fourth-order valence-electron chi connectivity index (χ4n) is 1.82. The van der Waals surface area contributed by atoms with E-state index in [4.69, 9.17) is 26.3 Å². The Morgan fingerprint density at radius 3 is 2.65 bits per heavy atom. The molecule has 0 aliphatic heterocycles.